The third-order valence-electron chi connectivity index (χ3n) is 5.86. The third-order valence-corrected chi connectivity index (χ3v) is 5.86. The Morgan fingerprint density at radius 2 is 0.706 bits per heavy atom. The van der Waals surface area contributed by atoms with Gasteiger partial charge in [0.2, 0.25) is 23.8 Å². The van der Waals surface area contributed by atoms with Crippen LogP contribution in [0, 0.1) is 13.8 Å². The Kier molecular flexibility index (Phi) is 5.20. The second-order valence-electron chi connectivity index (χ2n) is 8.24. The van der Waals surface area contributed by atoms with Crippen molar-refractivity contribution in [2.24, 2.45) is 0 Å². The van der Waals surface area contributed by atoms with Crippen LogP contribution >= 0.6 is 0 Å². The first-order valence-electron chi connectivity index (χ1n) is 10.9. The molecule has 0 saturated heterocycles. The minimum Gasteiger partial charge on any atom is -0.313 e. The lowest BCUT2D eigenvalue weighted by atomic mass is 10.2. The van der Waals surface area contributed by atoms with Crippen molar-refractivity contribution < 1.29 is 0 Å². The summed E-state index contributed by atoms with van der Waals surface area (Å²) in [7, 11) is 7.78. The molecule has 0 fully saturated rings. The molecule has 0 spiro atoms. The van der Waals surface area contributed by atoms with Gasteiger partial charge in [-0.3, -0.25) is 0 Å². The molecule has 0 saturated carbocycles. The number of hydrogen-bond acceptors (Lipinski definition) is 10. The van der Waals surface area contributed by atoms with Crippen molar-refractivity contribution in [2.45, 2.75) is 13.8 Å². The largest absolute Gasteiger partial charge is 0.313 e. The summed E-state index contributed by atoms with van der Waals surface area (Å²) in [6.45, 7) is 3.75. The van der Waals surface area contributed by atoms with Crippen LogP contribution in [0.3, 0.4) is 0 Å². The van der Waals surface area contributed by atoms with E-state index in [2.05, 4.69) is 32.1 Å². The van der Waals surface area contributed by atoms with Gasteiger partial charge in [0.15, 0.2) is 0 Å². The first-order chi connectivity index (χ1) is 16.3. The van der Waals surface area contributed by atoms with Crippen LogP contribution in [0.5, 0.6) is 0 Å². The zero-order valence-corrected chi connectivity index (χ0v) is 20.1. The van der Waals surface area contributed by atoms with Crippen molar-refractivity contribution in [2.75, 3.05) is 47.8 Å². The van der Waals surface area contributed by atoms with Gasteiger partial charge in [-0.05, 0) is 50.2 Å². The minimum atomic E-state index is 0.563. The lowest BCUT2D eigenvalue weighted by Gasteiger charge is -2.26. The Hall–Kier alpha value is -4.34. The highest BCUT2D eigenvalue weighted by Gasteiger charge is 2.19. The van der Waals surface area contributed by atoms with Crippen molar-refractivity contribution in [3.63, 3.8) is 0 Å². The molecule has 0 amide bonds. The van der Waals surface area contributed by atoms with Crippen LogP contribution in [-0.4, -0.2) is 58.1 Å². The highest BCUT2D eigenvalue weighted by Crippen LogP contribution is 2.32. The van der Waals surface area contributed by atoms with Gasteiger partial charge in [-0.1, -0.05) is 12.1 Å². The number of hydrogen-bond donors (Lipinski definition) is 0. The molecule has 0 radical (unpaired) electrons. The van der Waals surface area contributed by atoms with Crippen LogP contribution in [-0.2, 0) is 0 Å². The SMILES string of the molecule is Cc1nc2nc(n1)N(C)c1cccc(c1)N(C)c1nc(C)nc(n1)N(C)c1cccc(c1)N2C. The summed E-state index contributed by atoms with van der Waals surface area (Å²) in [5.74, 6) is 3.54. The maximum Gasteiger partial charge on any atom is 0.234 e. The maximum absolute atomic E-state index is 4.77. The molecule has 10 nitrogen and oxygen atoms in total. The van der Waals surface area contributed by atoms with E-state index >= 15 is 0 Å². The predicted molar refractivity (Wildman–Crippen MR) is 134 cm³/mol. The molecule has 4 aromatic rings. The average molecular weight is 455 g/mol. The molecule has 3 heterocycles. The Bertz CT molecular complexity index is 1180. The molecule has 2 aromatic carbocycles. The number of aromatic nitrogens is 6. The lowest BCUT2D eigenvalue weighted by Crippen LogP contribution is -2.22. The Morgan fingerprint density at radius 3 is 0.971 bits per heavy atom. The topological polar surface area (TPSA) is 90.3 Å². The summed E-state index contributed by atoms with van der Waals surface area (Å²) in [6.07, 6.45) is 0. The highest BCUT2D eigenvalue weighted by atomic mass is 15.3. The molecular formula is C24H26N10. The van der Waals surface area contributed by atoms with Gasteiger partial charge in [0.1, 0.15) is 11.6 Å². The van der Waals surface area contributed by atoms with E-state index < -0.39 is 0 Å². The molecule has 8 bridgehead atoms. The highest BCUT2D eigenvalue weighted by molar-refractivity contribution is 5.70. The first-order valence-corrected chi connectivity index (χ1v) is 10.9. The number of anilines is 8. The molecule has 172 valence electrons. The first kappa shape index (κ1) is 21.5. The van der Waals surface area contributed by atoms with Crippen molar-refractivity contribution >= 4 is 46.5 Å². The molecular weight excluding hydrogens is 428 g/mol. The van der Waals surface area contributed by atoms with Gasteiger partial charge in [0, 0.05) is 50.9 Å². The molecule has 0 unspecified atom stereocenters. The zero-order valence-electron chi connectivity index (χ0n) is 20.1. The molecule has 0 aliphatic carbocycles. The molecule has 0 N–H and O–H groups in total. The summed E-state index contributed by atoms with van der Waals surface area (Å²) in [5.41, 5.74) is 3.73. The number of aryl methyl sites for hydroxylation is 2. The summed E-state index contributed by atoms with van der Waals surface area (Å²) >= 11 is 0. The monoisotopic (exact) mass is 454 g/mol. The average Bonchev–Trinajstić information content (AvgIpc) is 2.85. The van der Waals surface area contributed by atoms with E-state index in [1.165, 1.54) is 0 Å². The Balaban J connectivity index is 1.75. The van der Waals surface area contributed by atoms with E-state index in [0.717, 1.165) is 22.7 Å². The standard InChI is InChI=1S/C24H26N10/c1-15-25-21-29-22(26-15)32(4)18-10-8-12-20(14-18)34(6)24-28-16(2)27-23(30-24)33(5)19-11-7-9-17(13-19)31(21)3/h7-14H,1-6H3. The second kappa shape index (κ2) is 8.22. The van der Waals surface area contributed by atoms with Gasteiger partial charge in [-0.15, -0.1) is 0 Å². The number of benzene rings is 2. The molecule has 1 aliphatic rings. The fourth-order valence-electron chi connectivity index (χ4n) is 3.79. The lowest BCUT2D eigenvalue weighted by molar-refractivity contribution is 0.904. The fourth-order valence-corrected chi connectivity index (χ4v) is 3.79. The normalized spacial score (nSPS) is 13.4. The van der Waals surface area contributed by atoms with Gasteiger partial charge in [-0.2, -0.15) is 29.9 Å². The molecule has 5 rings (SSSR count). The van der Waals surface area contributed by atoms with E-state index in [9.17, 15) is 0 Å². The van der Waals surface area contributed by atoms with Gasteiger partial charge >= 0.3 is 0 Å². The number of nitrogens with zero attached hydrogens (tertiary/aromatic N) is 10. The minimum absolute atomic E-state index is 0.563. The summed E-state index contributed by atoms with van der Waals surface area (Å²) < 4.78 is 0. The third kappa shape index (κ3) is 3.83. The number of fused-ring (bicyclic) bond motifs is 8. The van der Waals surface area contributed by atoms with E-state index in [0.29, 0.717) is 35.4 Å². The van der Waals surface area contributed by atoms with Crippen LogP contribution in [0.25, 0.3) is 0 Å². The summed E-state index contributed by atoms with van der Waals surface area (Å²) in [5, 5.41) is 0. The molecule has 2 aromatic heterocycles. The van der Waals surface area contributed by atoms with Crippen LogP contribution in [0.4, 0.5) is 46.5 Å². The van der Waals surface area contributed by atoms with Crippen molar-refractivity contribution in [3.05, 3.63) is 60.2 Å². The molecule has 1 aliphatic heterocycles. The molecule has 0 atom stereocenters. The second-order valence-corrected chi connectivity index (χ2v) is 8.24. The maximum atomic E-state index is 4.77. The quantitative estimate of drug-likeness (QED) is 0.387. The van der Waals surface area contributed by atoms with Crippen LogP contribution in [0.1, 0.15) is 11.6 Å². The predicted octanol–water partition coefficient (Wildman–Crippen LogP) is 4.06. The Labute approximate surface area is 198 Å². The van der Waals surface area contributed by atoms with E-state index in [-0.39, 0.29) is 0 Å². The fraction of sp³-hybridized carbons (Fsp3) is 0.250. The van der Waals surface area contributed by atoms with E-state index in [1.807, 2.05) is 98.0 Å². The van der Waals surface area contributed by atoms with E-state index in [4.69, 9.17) is 9.97 Å². The smallest absolute Gasteiger partial charge is 0.234 e. The van der Waals surface area contributed by atoms with Crippen LogP contribution in [0.15, 0.2) is 48.5 Å². The van der Waals surface area contributed by atoms with Gasteiger partial charge in [0.05, 0.1) is 0 Å². The molecule has 34 heavy (non-hydrogen) atoms. The molecule has 10 heteroatoms. The summed E-state index contributed by atoms with van der Waals surface area (Å²) in [6, 6.07) is 16.2. The van der Waals surface area contributed by atoms with Crippen molar-refractivity contribution in [1.29, 1.82) is 0 Å². The van der Waals surface area contributed by atoms with Gasteiger partial charge < -0.3 is 19.6 Å². The van der Waals surface area contributed by atoms with Gasteiger partial charge in [-0.25, -0.2) is 0 Å². The van der Waals surface area contributed by atoms with Crippen LogP contribution < -0.4 is 19.6 Å². The van der Waals surface area contributed by atoms with Crippen molar-refractivity contribution in [3.8, 4) is 0 Å². The van der Waals surface area contributed by atoms with Crippen molar-refractivity contribution in [1.82, 2.24) is 29.9 Å². The van der Waals surface area contributed by atoms with Gasteiger partial charge in [0.25, 0.3) is 0 Å². The Morgan fingerprint density at radius 1 is 0.441 bits per heavy atom. The summed E-state index contributed by atoms with van der Waals surface area (Å²) in [4.78, 5) is 35.7. The van der Waals surface area contributed by atoms with Crippen LogP contribution in [0.2, 0.25) is 0 Å². The number of rotatable bonds is 0. The van der Waals surface area contributed by atoms with E-state index in [1.54, 1.807) is 0 Å². The zero-order chi connectivity index (χ0) is 24.0.